The summed E-state index contributed by atoms with van der Waals surface area (Å²) in [6, 6.07) is 6.01. The topological polar surface area (TPSA) is 43.2 Å². The van der Waals surface area contributed by atoms with E-state index in [1.54, 1.807) is 6.20 Å². The highest BCUT2D eigenvalue weighted by Gasteiger charge is 2.24. The minimum absolute atomic E-state index is 0.706. The van der Waals surface area contributed by atoms with Gasteiger partial charge in [-0.25, -0.2) is 4.98 Å². The van der Waals surface area contributed by atoms with Crippen LogP contribution >= 0.6 is 0 Å². The van der Waals surface area contributed by atoms with Crippen molar-refractivity contribution in [2.45, 2.75) is 38.5 Å². The predicted octanol–water partition coefficient (Wildman–Crippen LogP) is 3.05. The first-order valence-corrected chi connectivity index (χ1v) is 8.69. The summed E-state index contributed by atoms with van der Waals surface area (Å²) in [5, 5.41) is 9.28. The number of likely N-dealkylation sites (tertiary alicyclic amines) is 1. The van der Waals surface area contributed by atoms with E-state index in [0.717, 1.165) is 18.9 Å². The molecular formula is C18H26N4. The summed E-state index contributed by atoms with van der Waals surface area (Å²) in [5.74, 6) is 1.59. The van der Waals surface area contributed by atoms with Gasteiger partial charge in [0.2, 0.25) is 0 Å². The number of pyridine rings is 1. The third-order valence-electron chi connectivity index (χ3n) is 4.94. The Morgan fingerprint density at radius 3 is 2.73 bits per heavy atom. The van der Waals surface area contributed by atoms with Crippen LogP contribution in [-0.4, -0.2) is 42.6 Å². The van der Waals surface area contributed by atoms with Gasteiger partial charge in [-0.15, -0.1) is 0 Å². The van der Waals surface area contributed by atoms with Gasteiger partial charge in [0.25, 0.3) is 0 Å². The molecule has 0 aromatic carbocycles. The van der Waals surface area contributed by atoms with E-state index in [1.807, 2.05) is 12.1 Å². The van der Waals surface area contributed by atoms with E-state index >= 15 is 0 Å². The Bertz CT molecular complexity index is 514. The first-order valence-electron chi connectivity index (χ1n) is 8.69. The van der Waals surface area contributed by atoms with Crippen molar-refractivity contribution < 1.29 is 0 Å². The van der Waals surface area contributed by atoms with Gasteiger partial charge in [-0.05, 0) is 56.8 Å². The average molecular weight is 298 g/mol. The summed E-state index contributed by atoms with van der Waals surface area (Å²) < 4.78 is 0. The third kappa shape index (κ3) is 3.78. The Labute approximate surface area is 133 Å². The van der Waals surface area contributed by atoms with Gasteiger partial charge in [-0.3, -0.25) is 0 Å². The van der Waals surface area contributed by atoms with Crippen molar-refractivity contribution >= 4 is 5.82 Å². The van der Waals surface area contributed by atoms with Crippen LogP contribution in [0.5, 0.6) is 0 Å². The lowest BCUT2D eigenvalue weighted by Crippen LogP contribution is -2.42. The van der Waals surface area contributed by atoms with Crippen LogP contribution in [-0.2, 0) is 0 Å². The van der Waals surface area contributed by atoms with E-state index in [1.165, 1.54) is 58.2 Å². The molecule has 2 aliphatic heterocycles. The summed E-state index contributed by atoms with van der Waals surface area (Å²) >= 11 is 0. The van der Waals surface area contributed by atoms with E-state index in [-0.39, 0.29) is 0 Å². The number of rotatable bonds is 3. The Balaban J connectivity index is 1.62. The molecule has 22 heavy (non-hydrogen) atoms. The Kier molecular flexibility index (Phi) is 5.29. The second kappa shape index (κ2) is 7.60. The Morgan fingerprint density at radius 1 is 1.14 bits per heavy atom. The van der Waals surface area contributed by atoms with Crippen LogP contribution in [0.2, 0.25) is 0 Å². The summed E-state index contributed by atoms with van der Waals surface area (Å²) in [7, 11) is 0. The maximum Gasteiger partial charge on any atom is 0.146 e. The normalized spacial score (nSPS) is 23.8. The maximum absolute atomic E-state index is 9.28. The number of aromatic nitrogens is 1. The van der Waals surface area contributed by atoms with Gasteiger partial charge in [-0.1, -0.05) is 12.8 Å². The zero-order valence-corrected chi connectivity index (χ0v) is 13.4. The van der Waals surface area contributed by atoms with Crippen LogP contribution < -0.4 is 4.90 Å². The number of anilines is 1. The molecule has 2 aliphatic rings. The molecule has 1 aromatic heterocycles. The molecule has 0 N–H and O–H groups in total. The van der Waals surface area contributed by atoms with Crippen molar-refractivity contribution in [2.24, 2.45) is 5.92 Å². The van der Waals surface area contributed by atoms with Crippen LogP contribution in [0, 0.1) is 17.2 Å². The first-order chi connectivity index (χ1) is 10.9. The zero-order valence-electron chi connectivity index (χ0n) is 13.4. The molecule has 118 valence electrons. The number of hydrogen-bond donors (Lipinski definition) is 0. The van der Waals surface area contributed by atoms with E-state index < -0.39 is 0 Å². The SMILES string of the molecule is N#Cc1cccnc1N1CCC[C@@H](CN2CCCCCC2)C1. The second-order valence-corrected chi connectivity index (χ2v) is 6.66. The van der Waals surface area contributed by atoms with Gasteiger partial charge in [0.15, 0.2) is 0 Å². The fraction of sp³-hybridized carbons (Fsp3) is 0.667. The third-order valence-corrected chi connectivity index (χ3v) is 4.94. The summed E-state index contributed by atoms with van der Waals surface area (Å²) in [6.07, 6.45) is 9.82. The number of nitrogens with zero attached hydrogens (tertiary/aromatic N) is 4. The minimum Gasteiger partial charge on any atom is -0.355 e. The van der Waals surface area contributed by atoms with Crippen molar-refractivity contribution in [3.8, 4) is 6.07 Å². The lowest BCUT2D eigenvalue weighted by atomic mass is 9.97. The highest BCUT2D eigenvalue weighted by Crippen LogP contribution is 2.25. The van der Waals surface area contributed by atoms with Crippen molar-refractivity contribution in [3.63, 3.8) is 0 Å². The average Bonchev–Trinajstić information content (AvgIpc) is 2.84. The molecule has 3 heterocycles. The van der Waals surface area contributed by atoms with Crippen LogP contribution in [0.1, 0.15) is 44.1 Å². The molecule has 2 saturated heterocycles. The fourth-order valence-electron chi connectivity index (χ4n) is 3.83. The molecule has 0 spiro atoms. The van der Waals surface area contributed by atoms with Gasteiger partial charge >= 0.3 is 0 Å². The number of hydrogen-bond acceptors (Lipinski definition) is 4. The minimum atomic E-state index is 0.706. The van der Waals surface area contributed by atoms with Crippen LogP contribution in [0.3, 0.4) is 0 Å². The maximum atomic E-state index is 9.28. The molecule has 4 heteroatoms. The van der Waals surface area contributed by atoms with Crippen molar-refractivity contribution in [3.05, 3.63) is 23.9 Å². The number of nitriles is 1. The molecule has 0 aliphatic carbocycles. The lowest BCUT2D eigenvalue weighted by Gasteiger charge is -2.36. The van der Waals surface area contributed by atoms with E-state index in [2.05, 4.69) is 20.9 Å². The molecule has 3 rings (SSSR count). The molecular weight excluding hydrogens is 272 g/mol. The van der Waals surface area contributed by atoms with Crippen LogP contribution in [0.25, 0.3) is 0 Å². The smallest absolute Gasteiger partial charge is 0.146 e. The summed E-state index contributed by atoms with van der Waals surface area (Å²) in [6.45, 7) is 5.82. The second-order valence-electron chi connectivity index (χ2n) is 6.66. The lowest BCUT2D eigenvalue weighted by molar-refractivity contribution is 0.222. The highest BCUT2D eigenvalue weighted by atomic mass is 15.2. The summed E-state index contributed by atoms with van der Waals surface area (Å²) in [4.78, 5) is 9.44. The molecule has 0 bridgehead atoms. The summed E-state index contributed by atoms with van der Waals surface area (Å²) in [5.41, 5.74) is 0.706. The Hall–Kier alpha value is -1.60. The molecule has 4 nitrogen and oxygen atoms in total. The standard InChI is InChI=1S/C18H26N4/c19-13-17-8-5-9-20-18(17)22-12-6-7-16(15-22)14-21-10-3-1-2-4-11-21/h5,8-9,16H,1-4,6-7,10-12,14-15H2/t16-/m0/s1. The van der Waals surface area contributed by atoms with E-state index in [0.29, 0.717) is 11.5 Å². The van der Waals surface area contributed by atoms with Gasteiger partial charge in [0, 0.05) is 25.8 Å². The first kappa shape index (κ1) is 15.3. The fourth-order valence-corrected chi connectivity index (χ4v) is 3.83. The van der Waals surface area contributed by atoms with Crippen molar-refractivity contribution in [2.75, 3.05) is 37.6 Å². The monoisotopic (exact) mass is 298 g/mol. The molecule has 0 amide bonds. The van der Waals surface area contributed by atoms with Crippen LogP contribution in [0.4, 0.5) is 5.82 Å². The molecule has 1 aromatic rings. The molecule has 0 unspecified atom stereocenters. The molecule has 0 saturated carbocycles. The van der Waals surface area contributed by atoms with Gasteiger partial charge < -0.3 is 9.80 Å². The molecule has 2 fully saturated rings. The van der Waals surface area contributed by atoms with Crippen molar-refractivity contribution in [1.82, 2.24) is 9.88 Å². The molecule has 0 radical (unpaired) electrons. The molecule has 1 atom stereocenters. The van der Waals surface area contributed by atoms with Gasteiger partial charge in [0.1, 0.15) is 11.9 Å². The van der Waals surface area contributed by atoms with Crippen LogP contribution in [0.15, 0.2) is 18.3 Å². The predicted molar refractivity (Wildman–Crippen MR) is 88.8 cm³/mol. The highest BCUT2D eigenvalue weighted by molar-refractivity contribution is 5.53. The largest absolute Gasteiger partial charge is 0.355 e. The van der Waals surface area contributed by atoms with Crippen molar-refractivity contribution in [1.29, 1.82) is 5.26 Å². The zero-order chi connectivity index (χ0) is 15.2. The quantitative estimate of drug-likeness (QED) is 0.860. The van der Waals surface area contributed by atoms with E-state index in [9.17, 15) is 5.26 Å². The van der Waals surface area contributed by atoms with Gasteiger partial charge in [-0.2, -0.15) is 5.26 Å². The Morgan fingerprint density at radius 2 is 1.95 bits per heavy atom. The van der Waals surface area contributed by atoms with E-state index in [4.69, 9.17) is 0 Å². The van der Waals surface area contributed by atoms with Gasteiger partial charge in [0.05, 0.1) is 5.56 Å². The number of piperidine rings is 1.